The second kappa shape index (κ2) is 7.69. The maximum absolute atomic E-state index is 13.5. The molecule has 0 saturated heterocycles. The Morgan fingerprint density at radius 2 is 1.91 bits per heavy atom. The van der Waals surface area contributed by atoms with Gasteiger partial charge in [0.2, 0.25) is 0 Å². The van der Waals surface area contributed by atoms with E-state index in [0.717, 1.165) is 50.4 Å². The molecule has 1 heterocycles. The molecule has 5 rings (SSSR count). The first-order valence-electron chi connectivity index (χ1n) is 12.8. The molecule has 4 fully saturated rings. The van der Waals surface area contributed by atoms with Crippen molar-refractivity contribution >= 4 is 5.78 Å². The summed E-state index contributed by atoms with van der Waals surface area (Å²) in [6, 6.07) is 2.11. The van der Waals surface area contributed by atoms with Gasteiger partial charge in [-0.15, -0.1) is 0 Å². The number of hydrogen-bond donors (Lipinski definition) is 1. The van der Waals surface area contributed by atoms with Crippen LogP contribution in [0.1, 0.15) is 90.5 Å². The zero-order valence-corrected chi connectivity index (χ0v) is 20.0. The molecule has 4 aliphatic carbocycles. The van der Waals surface area contributed by atoms with Gasteiger partial charge in [0.15, 0.2) is 5.78 Å². The van der Waals surface area contributed by atoms with Crippen LogP contribution in [0, 0.1) is 51.8 Å². The molecule has 32 heavy (non-hydrogen) atoms. The Morgan fingerprint density at radius 3 is 2.66 bits per heavy atom. The second-order valence-electron chi connectivity index (χ2n) is 12.4. The summed E-state index contributed by atoms with van der Waals surface area (Å²) in [6.45, 7) is 7.27. The lowest BCUT2D eigenvalue weighted by atomic mass is 9.41. The van der Waals surface area contributed by atoms with E-state index in [1.165, 1.54) is 25.7 Å². The maximum atomic E-state index is 13.5. The standard InChI is InChI=1S/C27H39N3O2/c1-25(32)11-12-26(2)19(13-25)7-8-20-21-5-4-6-23(27(21,3)10-9-22(20)26)24(31)17-30-16-18(14-28)15-29-30/h15-16,19-23,32H,4-13,17H2,1-3H3/t19-,20-,21-,22?,23+,25+,26-,27-/m0/s1. The van der Waals surface area contributed by atoms with Crippen LogP contribution in [-0.2, 0) is 11.3 Å². The minimum absolute atomic E-state index is 0.0884. The molecule has 1 aromatic rings. The topological polar surface area (TPSA) is 78.9 Å². The number of carbonyl (C=O) groups excluding carboxylic acids is 1. The van der Waals surface area contributed by atoms with Gasteiger partial charge in [0.1, 0.15) is 6.07 Å². The Bertz CT molecular complexity index is 930. The molecule has 1 unspecified atom stereocenters. The van der Waals surface area contributed by atoms with E-state index in [2.05, 4.69) is 25.0 Å². The van der Waals surface area contributed by atoms with Crippen LogP contribution >= 0.6 is 0 Å². The maximum Gasteiger partial charge on any atom is 0.157 e. The lowest BCUT2D eigenvalue weighted by Crippen LogP contribution is -2.58. The highest BCUT2D eigenvalue weighted by Gasteiger charge is 2.60. The van der Waals surface area contributed by atoms with Gasteiger partial charge in [0.05, 0.1) is 23.9 Å². The van der Waals surface area contributed by atoms with Crippen LogP contribution in [0.5, 0.6) is 0 Å². The number of aromatic nitrogens is 2. The van der Waals surface area contributed by atoms with E-state index in [9.17, 15) is 9.90 Å². The number of ketones is 1. The van der Waals surface area contributed by atoms with Crippen LogP contribution in [-0.4, -0.2) is 26.3 Å². The van der Waals surface area contributed by atoms with Gasteiger partial charge in [-0.2, -0.15) is 10.4 Å². The third-order valence-corrected chi connectivity index (χ3v) is 10.7. The third kappa shape index (κ3) is 3.45. The molecule has 0 aliphatic heterocycles. The van der Waals surface area contributed by atoms with E-state index in [4.69, 9.17) is 5.26 Å². The van der Waals surface area contributed by atoms with Gasteiger partial charge >= 0.3 is 0 Å². The summed E-state index contributed by atoms with van der Waals surface area (Å²) in [5.74, 6) is 3.16. The fourth-order valence-electron chi connectivity index (χ4n) is 8.93. The van der Waals surface area contributed by atoms with Gasteiger partial charge in [0, 0.05) is 12.1 Å². The Labute approximate surface area is 192 Å². The van der Waals surface area contributed by atoms with E-state index < -0.39 is 5.60 Å². The Balaban J connectivity index is 1.36. The zero-order valence-electron chi connectivity index (χ0n) is 20.0. The highest BCUT2D eigenvalue weighted by atomic mass is 16.3. The molecule has 0 spiro atoms. The lowest BCUT2D eigenvalue weighted by molar-refractivity contribution is -0.169. The fraction of sp³-hybridized carbons (Fsp3) is 0.815. The number of Topliss-reactive ketones (excluding diaryl/α,β-unsaturated/α-hetero) is 1. The van der Waals surface area contributed by atoms with Gasteiger partial charge in [-0.3, -0.25) is 9.48 Å². The number of hydrogen-bond acceptors (Lipinski definition) is 4. The summed E-state index contributed by atoms with van der Waals surface area (Å²) in [5.41, 5.74) is 0.472. The lowest BCUT2D eigenvalue weighted by Gasteiger charge is -2.64. The minimum atomic E-state index is -0.486. The first-order valence-corrected chi connectivity index (χ1v) is 12.8. The number of rotatable bonds is 3. The van der Waals surface area contributed by atoms with E-state index >= 15 is 0 Å². The third-order valence-electron chi connectivity index (χ3n) is 10.7. The largest absolute Gasteiger partial charge is 0.390 e. The van der Waals surface area contributed by atoms with Crippen LogP contribution in [0.25, 0.3) is 0 Å². The minimum Gasteiger partial charge on any atom is -0.390 e. The first kappa shape index (κ1) is 22.1. The first-order chi connectivity index (χ1) is 15.2. The van der Waals surface area contributed by atoms with Crippen molar-refractivity contribution in [3.63, 3.8) is 0 Å². The van der Waals surface area contributed by atoms with E-state index in [0.29, 0.717) is 28.6 Å². The molecule has 1 aromatic heterocycles. The molecule has 0 aromatic carbocycles. The number of nitrogens with zero attached hydrogens (tertiary/aromatic N) is 3. The van der Waals surface area contributed by atoms with Gasteiger partial charge in [-0.25, -0.2) is 0 Å². The number of carbonyl (C=O) groups is 1. The molecule has 5 nitrogen and oxygen atoms in total. The molecule has 0 bridgehead atoms. The van der Waals surface area contributed by atoms with Crippen molar-refractivity contribution in [1.29, 1.82) is 5.26 Å². The molecule has 174 valence electrons. The summed E-state index contributed by atoms with van der Waals surface area (Å²) in [4.78, 5) is 13.5. The van der Waals surface area contributed by atoms with Crippen molar-refractivity contribution in [2.24, 2.45) is 40.4 Å². The summed E-state index contributed by atoms with van der Waals surface area (Å²) in [7, 11) is 0. The normalized spacial score (nSPS) is 45.8. The van der Waals surface area contributed by atoms with E-state index in [1.54, 1.807) is 17.1 Å². The van der Waals surface area contributed by atoms with E-state index in [-0.39, 0.29) is 17.9 Å². The van der Waals surface area contributed by atoms with Gasteiger partial charge in [-0.05, 0) is 99.2 Å². The summed E-state index contributed by atoms with van der Waals surface area (Å²) >= 11 is 0. The van der Waals surface area contributed by atoms with Crippen LogP contribution < -0.4 is 0 Å². The molecular formula is C27H39N3O2. The fourth-order valence-corrected chi connectivity index (χ4v) is 8.93. The quantitative estimate of drug-likeness (QED) is 0.711. The molecule has 4 saturated carbocycles. The molecule has 0 radical (unpaired) electrons. The van der Waals surface area contributed by atoms with Crippen molar-refractivity contribution < 1.29 is 9.90 Å². The smallest absolute Gasteiger partial charge is 0.157 e. The van der Waals surface area contributed by atoms with Crippen molar-refractivity contribution in [2.75, 3.05) is 0 Å². The van der Waals surface area contributed by atoms with Crippen molar-refractivity contribution in [3.05, 3.63) is 18.0 Å². The SMILES string of the molecule is C[C@@]1(O)CC[C@]2(C)C3CC[C@]4(C)[C@@H](C(=O)Cn5cc(C#N)cn5)CCC[C@H]4[C@@H]3CC[C@H]2C1. The van der Waals surface area contributed by atoms with Crippen LogP contribution in [0.2, 0.25) is 0 Å². The van der Waals surface area contributed by atoms with Gasteiger partial charge in [-0.1, -0.05) is 20.3 Å². The van der Waals surface area contributed by atoms with Crippen molar-refractivity contribution in [2.45, 2.75) is 97.1 Å². The summed E-state index contributed by atoms with van der Waals surface area (Å²) in [6.07, 6.45) is 14.6. The predicted octanol–water partition coefficient (Wildman–Crippen LogP) is 5.12. The Kier molecular flexibility index (Phi) is 5.32. The van der Waals surface area contributed by atoms with E-state index in [1.807, 2.05) is 6.92 Å². The Hall–Kier alpha value is -1.67. The van der Waals surface area contributed by atoms with Crippen molar-refractivity contribution in [3.8, 4) is 6.07 Å². The predicted molar refractivity (Wildman–Crippen MR) is 122 cm³/mol. The highest BCUT2D eigenvalue weighted by Crippen LogP contribution is 2.67. The highest BCUT2D eigenvalue weighted by molar-refractivity contribution is 5.81. The molecule has 8 atom stereocenters. The van der Waals surface area contributed by atoms with Crippen LogP contribution in [0.15, 0.2) is 12.4 Å². The average molecular weight is 438 g/mol. The number of fused-ring (bicyclic) bond motifs is 5. The van der Waals surface area contributed by atoms with Gasteiger partial charge in [0.25, 0.3) is 0 Å². The second-order valence-corrected chi connectivity index (χ2v) is 12.4. The van der Waals surface area contributed by atoms with Crippen LogP contribution in [0.4, 0.5) is 0 Å². The van der Waals surface area contributed by atoms with Gasteiger partial charge < -0.3 is 5.11 Å². The number of aliphatic hydroxyl groups is 1. The molecular weight excluding hydrogens is 398 g/mol. The van der Waals surface area contributed by atoms with Crippen molar-refractivity contribution in [1.82, 2.24) is 9.78 Å². The molecule has 1 N–H and O–H groups in total. The molecule has 0 amide bonds. The zero-order chi connectivity index (χ0) is 22.7. The molecule has 5 heteroatoms. The monoisotopic (exact) mass is 437 g/mol. The number of nitriles is 1. The summed E-state index contributed by atoms with van der Waals surface area (Å²) < 4.78 is 1.65. The van der Waals surface area contributed by atoms with Crippen LogP contribution in [0.3, 0.4) is 0 Å². The molecule has 4 aliphatic rings. The summed E-state index contributed by atoms with van der Waals surface area (Å²) in [5, 5.41) is 24.0. The Morgan fingerprint density at radius 1 is 1.12 bits per heavy atom. The average Bonchev–Trinajstić information content (AvgIpc) is 3.20.